The second kappa shape index (κ2) is 10.7. The Hall–Kier alpha value is -4.11. The van der Waals surface area contributed by atoms with E-state index in [1.165, 1.54) is 26.4 Å². The number of esters is 2. The van der Waals surface area contributed by atoms with Gasteiger partial charge in [-0.05, 0) is 62.1 Å². The number of carbonyl (C=O) groups is 2. The van der Waals surface area contributed by atoms with Gasteiger partial charge in [-0.2, -0.15) is 8.42 Å². The van der Waals surface area contributed by atoms with Crippen LogP contribution in [0.15, 0.2) is 53.4 Å². The number of allylic oxidation sites excluding steroid dienone is 1. The second-order valence-corrected chi connectivity index (χ2v) is 10.4. The number of benzene rings is 3. The van der Waals surface area contributed by atoms with E-state index >= 15 is 0 Å². The molecule has 0 aliphatic carbocycles. The van der Waals surface area contributed by atoms with Gasteiger partial charge < -0.3 is 18.4 Å². The summed E-state index contributed by atoms with van der Waals surface area (Å²) in [5, 5.41) is 0. The Balaban J connectivity index is 1.84. The van der Waals surface area contributed by atoms with Gasteiger partial charge in [0, 0.05) is 11.1 Å². The summed E-state index contributed by atoms with van der Waals surface area (Å²) in [6, 6.07) is 11.5. The van der Waals surface area contributed by atoms with Crippen LogP contribution < -0.4 is 8.92 Å². The fourth-order valence-corrected chi connectivity index (χ4v) is 5.42. The summed E-state index contributed by atoms with van der Waals surface area (Å²) in [5.41, 5.74) is 4.38. The molecule has 1 aliphatic rings. The maximum atomic E-state index is 13.3. The topological polar surface area (TPSA) is 105 Å². The van der Waals surface area contributed by atoms with Gasteiger partial charge in [-0.3, -0.25) is 0 Å². The number of hydrogen-bond acceptors (Lipinski definition) is 8. The molecular formula is C29H28O8S. The first-order valence-electron chi connectivity index (χ1n) is 11.8. The van der Waals surface area contributed by atoms with Crippen molar-refractivity contribution < 1.29 is 36.4 Å². The van der Waals surface area contributed by atoms with Crippen molar-refractivity contribution in [2.75, 3.05) is 14.2 Å². The van der Waals surface area contributed by atoms with Crippen LogP contribution in [0.25, 0.3) is 6.08 Å². The minimum absolute atomic E-state index is 0.0148. The third-order valence-corrected chi connectivity index (χ3v) is 7.70. The zero-order chi connectivity index (χ0) is 27.6. The van der Waals surface area contributed by atoms with E-state index in [0.717, 1.165) is 11.1 Å². The fraction of sp³-hybridized carbons (Fsp3) is 0.241. The Morgan fingerprint density at radius 3 is 2.39 bits per heavy atom. The average molecular weight is 537 g/mol. The van der Waals surface area contributed by atoms with Gasteiger partial charge >= 0.3 is 22.1 Å². The van der Waals surface area contributed by atoms with Crippen molar-refractivity contribution in [2.45, 2.75) is 38.7 Å². The molecule has 1 aliphatic heterocycles. The summed E-state index contributed by atoms with van der Waals surface area (Å²) in [6.07, 6.45) is 3.64. The van der Waals surface area contributed by atoms with E-state index < -0.39 is 22.1 Å². The molecule has 198 valence electrons. The average Bonchev–Trinajstić information content (AvgIpc) is 3.28. The van der Waals surface area contributed by atoms with Gasteiger partial charge in [0.1, 0.15) is 22.8 Å². The highest BCUT2D eigenvalue weighted by Crippen LogP contribution is 2.44. The molecular weight excluding hydrogens is 508 g/mol. The van der Waals surface area contributed by atoms with E-state index in [2.05, 4.69) is 0 Å². The lowest BCUT2D eigenvalue weighted by Crippen LogP contribution is -2.15. The van der Waals surface area contributed by atoms with Crippen molar-refractivity contribution in [1.82, 2.24) is 0 Å². The lowest BCUT2D eigenvalue weighted by Gasteiger charge is -2.19. The van der Waals surface area contributed by atoms with Gasteiger partial charge in [-0.15, -0.1) is 0 Å². The smallest absolute Gasteiger partial charge is 0.342 e. The molecule has 8 nitrogen and oxygen atoms in total. The molecule has 0 bridgehead atoms. The summed E-state index contributed by atoms with van der Waals surface area (Å²) >= 11 is 0. The van der Waals surface area contributed by atoms with Crippen LogP contribution in [-0.2, 0) is 32.6 Å². The van der Waals surface area contributed by atoms with Gasteiger partial charge in [-0.1, -0.05) is 42.0 Å². The number of cyclic esters (lactones) is 1. The molecule has 0 amide bonds. The van der Waals surface area contributed by atoms with Crippen LogP contribution in [-0.4, -0.2) is 34.6 Å². The van der Waals surface area contributed by atoms with Crippen LogP contribution in [0.5, 0.6) is 11.5 Å². The molecule has 0 fully saturated rings. The monoisotopic (exact) mass is 536 g/mol. The van der Waals surface area contributed by atoms with Crippen LogP contribution in [0.1, 0.15) is 54.1 Å². The van der Waals surface area contributed by atoms with E-state index in [-0.39, 0.29) is 29.2 Å². The maximum absolute atomic E-state index is 13.3. The van der Waals surface area contributed by atoms with Crippen molar-refractivity contribution in [3.8, 4) is 11.5 Å². The molecule has 0 unspecified atom stereocenters. The Bertz CT molecular complexity index is 1550. The third-order valence-electron chi connectivity index (χ3n) is 6.46. The van der Waals surface area contributed by atoms with E-state index in [4.69, 9.17) is 18.4 Å². The highest BCUT2D eigenvalue weighted by molar-refractivity contribution is 7.87. The molecule has 0 atom stereocenters. The van der Waals surface area contributed by atoms with Crippen LogP contribution >= 0.6 is 0 Å². The standard InChI is InChI=1S/C29H28O8S/c1-17-12-14-20(15-13-17)38(32,33)37-27-23(26(34-4)19(3)24-16-36-29(31)25(24)27)11-7-9-21-18(2)8-6-10-22(21)28(30)35-5/h6-10,12-15H,11,16H2,1-5H3. The quantitative estimate of drug-likeness (QED) is 0.289. The largest absolute Gasteiger partial charge is 0.496 e. The molecule has 0 spiro atoms. The Morgan fingerprint density at radius 2 is 1.74 bits per heavy atom. The number of fused-ring (bicyclic) bond motifs is 1. The van der Waals surface area contributed by atoms with Gasteiger partial charge in [0.05, 0.1) is 19.8 Å². The molecule has 0 saturated heterocycles. The predicted molar refractivity (Wildman–Crippen MR) is 141 cm³/mol. The Kier molecular flexibility index (Phi) is 7.59. The molecule has 3 aromatic rings. The molecule has 0 aromatic heterocycles. The molecule has 38 heavy (non-hydrogen) atoms. The summed E-state index contributed by atoms with van der Waals surface area (Å²) in [7, 11) is -1.51. The molecule has 4 rings (SSSR count). The minimum Gasteiger partial charge on any atom is -0.496 e. The SMILES string of the molecule is COC(=O)c1cccc(C)c1C=CCc1c(OC)c(C)c2c(c1OS(=O)(=O)c1ccc(C)cc1)C(=O)OC2. The van der Waals surface area contributed by atoms with Gasteiger partial charge in [0.15, 0.2) is 5.75 Å². The van der Waals surface area contributed by atoms with Crippen LogP contribution in [0.3, 0.4) is 0 Å². The molecule has 9 heteroatoms. The lowest BCUT2D eigenvalue weighted by molar-refractivity contribution is 0.0532. The highest BCUT2D eigenvalue weighted by atomic mass is 32.2. The number of carbonyl (C=O) groups excluding carboxylic acids is 2. The van der Waals surface area contributed by atoms with Gasteiger partial charge in [-0.25, -0.2) is 9.59 Å². The first-order chi connectivity index (χ1) is 18.1. The molecule has 0 radical (unpaired) electrons. The summed E-state index contributed by atoms with van der Waals surface area (Å²) < 4.78 is 48.0. The maximum Gasteiger partial charge on any atom is 0.342 e. The van der Waals surface area contributed by atoms with Crippen LogP contribution in [0.2, 0.25) is 0 Å². The van der Waals surface area contributed by atoms with E-state index in [0.29, 0.717) is 33.6 Å². The van der Waals surface area contributed by atoms with Crippen molar-refractivity contribution in [1.29, 1.82) is 0 Å². The zero-order valence-electron chi connectivity index (χ0n) is 21.8. The predicted octanol–water partition coefficient (Wildman–Crippen LogP) is 5.10. The first-order valence-corrected chi connectivity index (χ1v) is 13.2. The lowest BCUT2D eigenvalue weighted by atomic mass is 9.94. The number of methoxy groups -OCH3 is 2. The van der Waals surface area contributed by atoms with Gasteiger partial charge in [0.25, 0.3) is 0 Å². The zero-order valence-corrected chi connectivity index (χ0v) is 22.6. The Morgan fingerprint density at radius 1 is 1.03 bits per heavy atom. The van der Waals surface area contributed by atoms with Crippen molar-refractivity contribution >= 4 is 28.1 Å². The molecule has 1 heterocycles. The van der Waals surface area contributed by atoms with Crippen molar-refractivity contribution in [3.63, 3.8) is 0 Å². The summed E-state index contributed by atoms with van der Waals surface area (Å²) in [4.78, 5) is 25.0. The minimum atomic E-state index is -4.29. The van der Waals surface area contributed by atoms with E-state index in [1.807, 2.05) is 19.9 Å². The number of hydrogen-bond donors (Lipinski definition) is 0. The highest BCUT2D eigenvalue weighted by Gasteiger charge is 2.35. The summed E-state index contributed by atoms with van der Waals surface area (Å²) in [6.45, 7) is 5.47. The van der Waals surface area contributed by atoms with Gasteiger partial charge in [0.2, 0.25) is 0 Å². The van der Waals surface area contributed by atoms with E-state index in [9.17, 15) is 18.0 Å². The third kappa shape index (κ3) is 5.02. The molecule has 0 saturated carbocycles. The van der Waals surface area contributed by atoms with Crippen molar-refractivity contribution in [3.05, 3.63) is 93.0 Å². The van der Waals surface area contributed by atoms with Crippen molar-refractivity contribution in [2.24, 2.45) is 0 Å². The second-order valence-electron chi connectivity index (χ2n) is 8.88. The summed E-state index contributed by atoms with van der Waals surface area (Å²) in [5.74, 6) is -0.890. The molecule has 0 N–H and O–H groups in total. The number of ether oxygens (including phenoxy) is 3. The number of aryl methyl sites for hydroxylation is 2. The molecule has 3 aromatic carbocycles. The van der Waals surface area contributed by atoms with Crippen LogP contribution in [0.4, 0.5) is 0 Å². The normalized spacial score (nSPS) is 12.8. The number of rotatable bonds is 8. The fourth-order valence-electron chi connectivity index (χ4n) is 4.45. The van der Waals surface area contributed by atoms with E-state index in [1.54, 1.807) is 43.3 Å². The van der Waals surface area contributed by atoms with Crippen LogP contribution in [0, 0.1) is 20.8 Å². The Labute approximate surface area is 221 Å². The first kappa shape index (κ1) is 26.9.